The van der Waals surface area contributed by atoms with Gasteiger partial charge >= 0.3 is 30.2 Å². The summed E-state index contributed by atoms with van der Waals surface area (Å²) in [6.45, 7) is 5.53. The maximum absolute atomic E-state index is 13.2. The van der Waals surface area contributed by atoms with Gasteiger partial charge in [0.25, 0.3) is 0 Å². The molecule has 20 heteroatoms. The third kappa shape index (κ3) is 13.1. The molecule has 2 saturated carbocycles. The van der Waals surface area contributed by atoms with Gasteiger partial charge in [0.1, 0.15) is 12.4 Å². The highest BCUT2D eigenvalue weighted by atomic mass is 33.1. The molecule has 5 atom stereocenters. The number of nitrogens with zero attached hydrogens (tertiary/aromatic N) is 2. The predicted octanol–water partition coefficient (Wildman–Crippen LogP) is 9.88. The molecule has 3 aliphatic rings. The first-order valence-electron chi connectivity index (χ1n) is 20.5. The first kappa shape index (κ1) is 50.8. The number of fused-ring (bicyclic) bond motifs is 5. The second-order valence-corrected chi connectivity index (χ2v) is 18.8. The van der Waals surface area contributed by atoms with Crippen molar-refractivity contribution in [2.45, 2.75) is 101 Å². The van der Waals surface area contributed by atoms with Crippen LogP contribution in [0.5, 0.6) is 5.75 Å². The van der Waals surface area contributed by atoms with Crippen LogP contribution in [0.1, 0.15) is 75.3 Å². The Morgan fingerprint density at radius 3 is 2.03 bits per heavy atom. The van der Waals surface area contributed by atoms with Crippen molar-refractivity contribution in [3.05, 3.63) is 29.3 Å². The summed E-state index contributed by atoms with van der Waals surface area (Å²) >= 11 is 0. The van der Waals surface area contributed by atoms with Gasteiger partial charge in [-0.3, -0.25) is 0 Å². The second kappa shape index (κ2) is 22.7. The Morgan fingerprint density at radius 2 is 1.42 bits per heavy atom. The lowest BCUT2D eigenvalue weighted by molar-refractivity contribution is -0.457. The molecule has 346 valence electrons. The van der Waals surface area contributed by atoms with E-state index in [2.05, 4.69) is 35.7 Å². The Bertz CT molecular complexity index is 1440. The number of aryl methyl sites for hydroxylation is 1. The number of hydrogen-bond donors (Lipinski definition) is 1. The van der Waals surface area contributed by atoms with E-state index in [0.29, 0.717) is 70.2 Å². The standard InChI is InChI=1S/C40H59F9N2O7S2/c1-36-14-13-31-30-10-8-29(56-22-17-50(2)15-4-18-54-23-25-59-60-26-24-55-19-5-16-51(3)35(52)53)27-28(30)7-9-32(31)33(36)11-12-34(36)57-20-6-21-58-37(38(41,42)43,39(44,45)46)40(47,48)49/h8,10,27,31-34H,4-7,9,11-26H2,1-3H3,(H,52,53)/t31-,32-,33+,34+,36+/m1/s1. The largest absolute Gasteiger partial charge is 0.492 e. The molecule has 1 amide bonds. The first-order chi connectivity index (χ1) is 28.2. The lowest BCUT2D eigenvalue weighted by atomic mass is 9.55. The van der Waals surface area contributed by atoms with Crippen molar-refractivity contribution in [1.82, 2.24) is 9.80 Å². The number of rotatable bonds is 25. The fourth-order valence-electron chi connectivity index (χ4n) is 8.99. The summed E-state index contributed by atoms with van der Waals surface area (Å²) in [5, 5.41) is 8.82. The summed E-state index contributed by atoms with van der Waals surface area (Å²) in [6, 6.07) is 6.31. The average Bonchev–Trinajstić information content (AvgIpc) is 3.50. The van der Waals surface area contributed by atoms with Crippen LogP contribution < -0.4 is 4.74 Å². The van der Waals surface area contributed by atoms with Gasteiger partial charge in [0.15, 0.2) is 0 Å². The molecular formula is C40H59F9N2O7S2. The number of hydrogen-bond acceptors (Lipinski definition) is 9. The Labute approximate surface area is 354 Å². The van der Waals surface area contributed by atoms with E-state index < -0.39 is 43.3 Å². The number of alkyl halides is 9. The highest BCUT2D eigenvalue weighted by molar-refractivity contribution is 8.76. The van der Waals surface area contributed by atoms with E-state index in [1.165, 1.54) is 23.1 Å². The summed E-state index contributed by atoms with van der Waals surface area (Å²) in [5.41, 5.74) is -3.96. The zero-order valence-electron chi connectivity index (χ0n) is 34.4. The van der Waals surface area contributed by atoms with Crippen LogP contribution >= 0.6 is 21.6 Å². The summed E-state index contributed by atoms with van der Waals surface area (Å²) in [5.74, 6) is 3.59. The monoisotopic (exact) mass is 914 g/mol. The molecule has 0 spiro atoms. The summed E-state index contributed by atoms with van der Waals surface area (Å²) in [4.78, 5) is 14.2. The summed E-state index contributed by atoms with van der Waals surface area (Å²) < 4.78 is 146. The van der Waals surface area contributed by atoms with E-state index in [0.717, 1.165) is 68.9 Å². The lowest BCUT2D eigenvalue weighted by Gasteiger charge is -2.50. The van der Waals surface area contributed by atoms with Crippen LogP contribution in [0.15, 0.2) is 18.2 Å². The maximum atomic E-state index is 13.2. The van der Waals surface area contributed by atoms with Crippen molar-refractivity contribution in [2.75, 3.05) is 91.5 Å². The molecule has 4 rings (SSSR count). The smallest absolute Gasteiger partial charge is 0.435 e. The average molecular weight is 915 g/mol. The third-order valence-electron chi connectivity index (χ3n) is 12.1. The number of benzene rings is 1. The topological polar surface area (TPSA) is 89.9 Å². The van der Waals surface area contributed by atoms with Crippen molar-refractivity contribution < 1.29 is 73.1 Å². The molecule has 9 nitrogen and oxygen atoms in total. The minimum absolute atomic E-state index is 0.268. The van der Waals surface area contributed by atoms with E-state index in [1.807, 2.05) is 6.07 Å². The number of carboxylic acid groups (broad SMARTS) is 1. The molecule has 1 aromatic carbocycles. The molecule has 1 aromatic rings. The Balaban J connectivity index is 1.09. The molecule has 0 saturated heterocycles. The fraction of sp³-hybridized carbons (Fsp3) is 0.825. The molecular weight excluding hydrogens is 856 g/mol. The zero-order chi connectivity index (χ0) is 44.2. The van der Waals surface area contributed by atoms with E-state index in [4.69, 9.17) is 24.1 Å². The van der Waals surface area contributed by atoms with Gasteiger partial charge in [-0.2, -0.15) is 39.5 Å². The van der Waals surface area contributed by atoms with E-state index >= 15 is 0 Å². The first-order valence-corrected chi connectivity index (χ1v) is 23.0. The fourth-order valence-corrected chi connectivity index (χ4v) is 10.7. The Hall–Kier alpha value is -1.84. The molecule has 0 bridgehead atoms. The second-order valence-electron chi connectivity index (χ2n) is 16.1. The van der Waals surface area contributed by atoms with E-state index in [9.17, 15) is 44.3 Å². The highest BCUT2D eigenvalue weighted by Crippen LogP contribution is 2.62. The van der Waals surface area contributed by atoms with E-state index in [1.54, 1.807) is 21.6 Å². The van der Waals surface area contributed by atoms with Crippen molar-refractivity contribution >= 4 is 27.7 Å². The number of likely N-dealkylation sites (N-methyl/N-ethyl adjacent to an activating group) is 1. The minimum atomic E-state index is -6.75. The number of ether oxygens (including phenoxy) is 5. The van der Waals surface area contributed by atoms with Crippen LogP contribution in [0.25, 0.3) is 0 Å². The van der Waals surface area contributed by atoms with Crippen LogP contribution in [0, 0.1) is 17.3 Å². The third-order valence-corrected chi connectivity index (χ3v) is 14.5. The quantitative estimate of drug-likeness (QED) is 0.0581. The lowest BCUT2D eigenvalue weighted by Crippen LogP contribution is -2.67. The zero-order valence-corrected chi connectivity index (χ0v) is 36.0. The van der Waals surface area contributed by atoms with Crippen molar-refractivity contribution in [1.29, 1.82) is 0 Å². The van der Waals surface area contributed by atoms with Gasteiger partial charge in [-0.15, -0.1) is 0 Å². The van der Waals surface area contributed by atoms with Crippen molar-refractivity contribution in [2.24, 2.45) is 17.3 Å². The summed E-state index contributed by atoms with van der Waals surface area (Å²) in [7, 11) is 7.07. The highest BCUT2D eigenvalue weighted by Gasteiger charge is 2.85. The molecule has 0 aliphatic heterocycles. The molecule has 60 heavy (non-hydrogen) atoms. The summed E-state index contributed by atoms with van der Waals surface area (Å²) in [6.07, 6.45) is -15.4. The van der Waals surface area contributed by atoms with Crippen molar-refractivity contribution in [3.63, 3.8) is 0 Å². The Kier molecular flexibility index (Phi) is 19.2. The minimum Gasteiger partial charge on any atom is -0.492 e. The number of amides is 1. The molecule has 0 radical (unpaired) electrons. The number of halogens is 9. The number of carbonyl (C=O) groups is 1. The predicted molar refractivity (Wildman–Crippen MR) is 212 cm³/mol. The van der Waals surface area contributed by atoms with Gasteiger partial charge in [-0.05, 0) is 111 Å². The van der Waals surface area contributed by atoms with Gasteiger partial charge in [0.2, 0.25) is 0 Å². The van der Waals surface area contributed by atoms with Gasteiger partial charge < -0.3 is 38.6 Å². The van der Waals surface area contributed by atoms with Gasteiger partial charge in [0.05, 0.1) is 25.9 Å². The normalized spacial score (nSPS) is 23.4. The molecule has 3 aliphatic carbocycles. The van der Waals surface area contributed by atoms with E-state index in [-0.39, 0.29) is 18.1 Å². The Morgan fingerprint density at radius 1 is 0.783 bits per heavy atom. The maximum Gasteiger partial charge on any atom is 0.435 e. The van der Waals surface area contributed by atoms with Gasteiger partial charge in [0, 0.05) is 58.0 Å². The molecule has 2 fully saturated rings. The van der Waals surface area contributed by atoms with Crippen molar-refractivity contribution in [3.8, 4) is 5.75 Å². The molecule has 1 N–H and O–H groups in total. The van der Waals surface area contributed by atoms with Crippen LogP contribution in [0.4, 0.5) is 44.3 Å². The van der Waals surface area contributed by atoms with Crippen LogP contribution in [0.3, 0.4) is 0 Å². The van der Waals surface area contributed by atoms with Gasteiger partial charge in [-0.25, -0.2) is 4.79 Å². The van der Waals surface area contributed by atoms with Crippen LogP contribution in [0.2, 0.25) is 0 Å². The molecule has 0 aromatic heterocycles. The van der Waals surface area contributed by atoms with Gasteiger partial charge in [-0.1, -0.05) is 34.6 Å². The molecule has 0 unspecified atom stereocenters. The van der Waals surface area contributed by atoms with Crippen LogP contribution in [-0.4, -0.2) is 143 Å². The SMILES string of the molecule is CN(CCCOCCSSCCOCCCN(C)C(=O)O)CCOc1ccc2c(c1)CC[C@@H]1[C@@H]2CC[C@]2(C)[C@@H](OCCCOC(C(F)(F)F)(C(F)(F)F)C(F)(F)F)CC[C@@H]12. The molecule has 0 heterocycles. The van der Waals surface area contributed by atoms with Crippen LogP contribution in [-0.2, 0) is 25.4 Å².